The molecular formula is C24H36N8O. The second kappa shape index (κ2) is 10.9. The molecule has 0 aliphatic carbocycles. The molecule has 3 aromatic rings. The Bertz CT molecular complexity index is 1060. The third-order valence-corrected chi connectivity index (χ3v) is 6.15. The van der Waals surface area contributed by atoms with Gasteiger partial charge in [-0.15, -0.1) is 0 Å². The summed E-state index contributed by atoms with van der Waals surface area (Å²) in [6.45, 7) is 13.5. The Morgan fingerprint density at radius 3 is 2.61 bits per heavy atom. The van der Waals surface area contributed by atoms with Crippen LogP contribution in [0.4, 0.5) is 17.6 Å². The van der Waals surface area contributed by atoms with Gasteiger partial charge in [-0.3, -0.25) is 4.68 Å². The van der Waals surface area contributed by atoms with Gasteiger partial charge < -0.3 is 20.3 Å². The van der Waals surface area contributed by atoms with Crippen molar-refractivity contribution < 1.29 is 4.74 Å². The summed E-state index contributed by atoms with van der Waals surface area (Å²) in [6.07, 6.45) is 2.98. The van der Waals surface area contributed by atoms with Crippen molar-refractivity contribution in [1.82, 2.24) is 29.6 Å². The summed E-state index contributed by atoms with van der Waals surface area (Å²) < 4.78 is 7.56. The second-order valence-electron chi connectivity index (χ2n) is 8.46. The van der Waals surface area contributed by atoms with Gasteiger partial charge in [0.2, 0.25) is 5.95 Å². The van der Waals surface area contributed by atoms with Crippen LogP contribution in [0.5, 0.6) is 0 Å². The van der Waals surface area contributed by atoms with Gasteiger partial charge in [-0.25, -0.2) is 9.97 Å². The second-order valence-corrected chi connectivity index (χ2v) is 8.46. The van der Waals surface area contributed by atoms with E-state index in [4.69, 9.17) is 19.8 Å². The summed E-state index contributed by atoms with van der Waals surface area (Å²) in [5.74, 6) is 2.12. The molecule has 9 nitrogen and oxygen atoms in total. The fourth-order valence-corrected chi connectivity index (χ4v) is 4.30. The lowest BCUT2D eigenvalue weighted by Crippen LogP contribution is -2.39. The van der Waals surface area contributed by atoms with Gasteiger partial charge in [0.05, 0.1) is 18.8 Å². The monoisotopic (exact) mass is 452 g/mol. The molecule has 0 radical (unpaired) electrons. The summed E-state index contributed by atoms with van der Waals surface area (Å²) in [6, 6.07) is 6.30. The van der Waals surface area contributed by atoms with Crippen LogP contribution in [0.15, 0.2) is 18.2 Å². The molecule has 0 bridgehead atoms. The first-order valence-electron chi connectivity index (χ1n) is 12.2. The number of likely N-dealkylation sites (tertiary alicyclic amines) is 1. The Kier molecular flexibility index (Phi) is 7.72. The lowest BCUT2D eigenvalue weighted by Gasteiger charge is -2.31. The van der Waals surface area contributed by atoms with Crippen LogP contribution in [0.3, 0.4) is 0 Å². The molecule has 0 unspecified atom stereocenters. The van der Waals surface area contributed by atoms with Crippen LogP contribution in [-0.2, 0) is 17.7 Å². The average Bonchev–Trinajstić information content (AvgIpc) is 3.17. The first-order chi connectivity index (χ1) is 16.1. The molecule has 0 saturated carbocycles. The quantitative estimate of drug-likeness (QED) is 0.449. The Morgan fingerprint density at radius 2 is 1.91 bits per heavy atom. The van der Waals surface area contributed by atoms with E-state index in [0.717, 1.165) is 73.0 Å². The topological polar surface area (TPSA) is 93.0 Å². The molecule has 4 rings (SSSR count). The molecule has 9 heteroatoms. The van der Waals surface area contributed by atoms with Crippen molar-refractivity contribution in [2.24, 2.45) is 0 Å². The van der Waals surface area contributed by atoms with Gasteiger partial charge in [0.15, 0.2) is 5.82 Å². The van der Waals surface area contributed by atoms with Crippen LogP contribution in [-0.4, -0.2) is 68.5 Å². The third kappa shape index (κ3) is 5.59. The highest BCUT2D eigenvalue weighted by molar-refractivity contribution is 5.90. The fraction of sp³-hybridized carbons (Fsp3) is 0.583. The molecule has 3 aromatic heterocycles. The first-order valence-corrected chi connectivity index (χ1v) is 12.2. The minimum Gasteiger partial charge on any atom is -0.380 e. The van der Waals surface area contributed by atoms with E-state index in [-0.39, 0.29) is 0 Å². The lowest BCUT2D eigenvalue weighted by atomic mass is 10.1. The van der Waals surface area contributed by atoms with E-state index in [1.807, 2.05) is 36.7 Å². The summed E-state index contributed by atoms with van der Waals surface area (Å²) in [4.78, 5) is 16.9. The number of nitrogens with one attached hydrogen (secondary N) is 2. The number of hydrogen-bond donors (Lipinski definition) is 2. The zero-order valence-corrected chi connectivity index (χ0v) is 20.3. The maximum Gasteiger partial charge on any atom is 0.225 e. The van der Waals surface area contributed by atoms with Gasteiger partial charge in [-0.1, -0.05) is 19.9 Å². The molecule has 178 valence electrons. The van der Waals surface area contributed by atoms with Crippen LogP contribution in [0, 0.1) is 6.92 Å². The predicted octanol–water partition coefficient (Wildman–Crippen LogP) is 3.77. The van der Waals surface area contributed by atoms with Crippen molar-refractivity contribution in [2.45, 2.75) is 59.5 Å². The molecular weight excluding hydrogens is 416 g/mol. The van der Waals surface area contributed by atoms with Gasteiger partial charge in [0.25, 0.3) is 0 Å². The highest BCUT2D eigenvalue weighted by Gasteiger charge is 2.22. The zero-order valence-electron chi connectivity index (χ0n) is 20.3. The number of rotatable bonds is 10. The van der Waals surface area contributed by atoms with Crippen LogP contribution < -0.4 is 10.6 Å². The molecule has 0 atom stereocenters. The van der Waals surface area contributed by atoms with Crippen LogP contribution in [0.25, 0.3) is 11.0 Å². The Balaban J connectivity index is 1.70. The highest BCUT2D eigenvalue weighted by Crippen LogP contribution is 2.28. The zero-order chi connectivity index (χ0) is 23.2. The van der Waals surface area contributed by atoms with Gasteiger partial charge in [0, 0.05) is 31.4 Å². The van der Waals surface area contributed by atoms with E-state index in [9.17, 15) is 0 Å². The van der Waals surface area contributed by atoms with Gasteiger partial charge in [-0.2, -0.15) is 10.1 Å². The summed E-state index contributed by atoms with van der Waals surface area (Å²) in [7, 11) is 0. The predicted molar refractivity (Wildman–Crippen MR) is 132 cm³/mol. The van der Waals surface area contributed by atoms with Gasteiger partial charge in [-0.05, 0) is 51.8 Å². The molecule has 1 saturated heterocycles. The maximum absolute atomic E-state index is 5.59. The third-order valence-electron chi connectivity index (χ3n) is 6.15. The van der Waals surface area contributed by atoms with Crippen LogP contribution in [0.1, 0.15) is 45.0 Å². The largest absolute Gasteiger partial charge is 0.380 e. The molecule has 33 heavy (non-hydrogen) atoms. The minimum atomic E-state index is 0.369. The number of piperidine rings is 1. The SMILES string of the molecule is CCOCCn1nc(CC)c2nc(NC3CCN(CC)CC3)nc(Nc3cccc(C)n3)c21. The highest BCUT2D eigenvalue weighted by atomic mass is 16.5. The number of aryl methyl sites for hydroxylation is 2. The van der Waals surface area contributed by atoms with Crippen molar-refractivity contribution in [3.05, 3.63) is 29.6 Å². The average molecular weight is 453 g/mol. The van der Waals surface area contributed by atoms with E-state index in [1.165, 1.54) is 0 Å². The van der Waals surface area contributed by atoms with E-state index in [2.05, 4.69) is 34.4 Å². The molecule has 1 aliphatic heterocycles. The summed E-state index contributed by atoms with van der Waals surface area (Å²) in [5.41, 5.74) is 3.69. The smallest absolute Gasteiger partial charge is 0.225 e. The normalized spacial score (nSPS) is 15.3. The first kappa shape index (κ1) is 23.4. The van der Waals surface area contributed by atoms with Crippen molar-refractivity contribution >= 4 is 28.6 Å². The molecule has 1 aliphatic rings. The van der Waals surface area contributed by atoms with Crippen LogP contribution >= 0.6 is 0 Å². The Hall–Kier alpha value is -2.78. The van der Waals surface area contributed by atoms with Crippen molar-refractivity contribution in [2.75, 3.05) is 43.5 Å². The van der Waals surface area contributed by atoms with E-state index >= 15 is 0 Å². The number of hydrogen-bond acceptors (Lipinski definition) is 8. The van der Waals surface area contributed by atoms with E-state index in [0.29, 0.717) is 31.7 Å². The van der Waals surface area contributed by atoms with Gasteiger partial charge >= 0.3 is 0 Å². The van der Waals surface area contributed by atoms with Crippen molar-refractivity contribution in [1.29, 1.82) is 0 Å². The van der Waals surface area contributed by atoms with Gasteiger partial charge in [0.1, 0.15) is 16.9 Å². The standard InChI is InChI=1S/C24H36N8O/c1-5-19-21-22(32(30-19)15-16-33-7-3)23(27-20-10-8-9-17(4)25-20)29-24(28-21)26-18-11-13-31(6-2)14-12-18/h8-10,18H,5-7,11-16H2,1-4H3,(H2,25,26,27,28,29). The summed E-state index contributed by atoms with van der Waals surface area (Å²) in [5, 5.41) is 11.9. The molecule has 0 aromatic carbocycles. The Labute approximate surface area is 196 Å². The molecule has 0 spiro atoms. The number of anilines is 3. The van der Waals surface area contributed by atoms with Crippen molar-refractivity contribution in [3.8, 4) is 0 Å². The van der Waals surface area contributed by atoms with E-state index in [1.54, 1.807) is 0 Å². The van der Waals surface area contributed by atoms with E-state index < -0.39 is 0 Å². The summed E-state index contributed by atoms with van der Waals surface area (Å²) >= 11 is 0. The number of pyridine rings is 1. The number of ether oxygens (including phenoxy) is 1. The molecule has 1 fully saturated rings. The number of aromatic nitrogens is 5. The molecule has 2 N–H and O–H groups in total. The number of fused-ring (bicyclic) bond motifs is 1. The number of nitrogens with zero attached hydrogens (tertiary/aromatic N) is 6. The maximum atomic E-state index is 5.59. The minimum absolute atomic E-state index is 0.369. The fourth-order valence-electron chi connectivity index (χ4n) is 4.30. The van der Waals surface area contributed by atoms with Crippen LogP contribution in [0.2, 0.25) is 0 Å². The molecule has 0 amide bonds. The molecule has 4 heterocycles. The van der Waals surface area contributed by atoms with Crippen molar-refractivity contribution in [3.63, 3.8) is 0 Å². The lowest BCUT2D eigenvalue weighted by molar-refractivity contribution is 0.137. The Morgan fingerprint density at radius 1 is 1.09 bits per heavy atom.